The molecule has 0 saturated heterocycles. The van der Waals surface area contributed by atoms with E-state index in [1.54, 1.807) is 30.3 Å². The van der Waals surface area contributed by atoms with Gasteiger partial charge in [0.25, 0.3) is 5.91 Å². The third kappa shape index (κ3) is 5.85. The van der Waals surface area contributed by atoms with E-state index in [0.717, 1.165) is 0 Å². The third-order valence-corrected chi connectivity index (χ3v) is 3.97. The quantitative estimate of drug-likeness (QED) is 0.674. The smallest absolute Gasteiger partial charge is 0.261 e. The molecule has 0 aliphatic heterocycles. The molecule has 0 fully saturated rings. The van der Waals surface area contributed by atoms with Crippen molar-refractivity contribution in [3.05, 3.63) is 46.7 Å². The van der Waals surface area contributed by atoms with E-state index in [4.69, 9.17) is 0 Å². The van der Waals surface area contributed by atoms with Crippen LogP contribution in [0.3, 0.4) is 0 Å². The van der Waals surface area contributed by atoms with Gasteiger partial charge in [-0.05, 0) is 42.1 Å². The number of thiophene rings is 1. The molecule has 24 heavy (non-hydrogen) atoms. The molecule has 7 heteroatoms. The van der Waals surface area contributed by atoms with Crippen molar-refractivity contribution in [2.75, 3.05) is 17.2 Å². The van der Waals surface area contributed by atoms with Crippen LogP contribution >= 0.6 is 11.3 Å². The van der Waals surface area contributed by atoms with Gasteiger partial charge in [0.2, 0.25) is 11.8 Å². The number of benzene rings is 1. The second-order valence-corrected chi connectivity index (χ2v) is 6.09. The highest BCUT2D eigenvalue weighted by Crippen LogP contribution is 2.14. The standard InChI is InChI=1S/C17H19N3O3S/c1-12(21)19-13-6-8-14(9-7-13)20-16(22)5-2-10-18-17(23)15-4-3-11-24-15/h3-4,6-9,11H,2,5,10H2,1H3,(H,18,23)(H,19,21)(H,20,22). The molecule has 0 aliphatic carbocycles. The molecule has 0 spiro atoms. The summed E-state index contributed by atoms with van der Waals surface area (Å²) in [7, 11) is 0. The van der Waals surface area contributed by atoms with Crippen molar-refractivity contribution in [3.8, 4) is 0 Å². The summed E-state index contributed by atoms with van der Waals surface area (Å²) in [4.78, 5) is 35.2. The number of anilines is 2. The van der Waals surface area contributed by atoms with Gasteiger partial charge < -0.3 is 16.0 Å². The highest BCUT2D eigenvalue weighted by Gasteiger charge is 2.06. The summed E-state index contributed by atoms with van der Waals surface area (Å²) in [6.07, 6.45) is 0.880. The van der Waals surface area contributed by atoms with Gasteiger partial charge in [-0.2, -0.15) is 0 Å². The average molecular weight is 345 g/mol. The molecule has 0 aliphatic rings. The normalized spacial score (nSPS) is 10.0. The Kier molecular flexibility index (Phi) is 6.51. The summed E-state index contributed by atoms with van der Waals surface area (Å²) in [5, 5.41) is 10.1. The van der Waals surface area contributed by atoms with Crippen molar-refractivity contribution < 1.29 is 14.4 Å². The fraction of sp³-hybridized carbons (Fsp3) is 0.235. The Bertz CT molecular complexity index is 696. The zero-order valence-corrected chi connectivity index (χ0v) is 14.1. The molecule has 0 bridgehead atoms. The van der Waals surface area contributed by atoms with Gasteiger partial charge in [0.15, 0.2) is 0 Å². The highest BCUT2D eigenvalue weighted by molar-refractivity contribution is 7.12. The van der Waals surface area contributed by atoms with Gasteiger partial charge in [0, 0.05) is 31.3 Å². The lowest BCUT2D eigenvalue weighted by Crippen LogP contribution is -2.24. The zero-order valence-electron chi connectivity index (χ0n) is 13.3. The second kappa shape index (κ2) is 8.83. The van der Waals surface area contributed by atoms with Gasteiger partial charge in [0.1, 0.15) is 0 Å². The molecule has 0 radical (unpaired) electrons. The lowest BCUT2D eigenvalue weighted by molar-refractivity contribution is -0.116. The third-order valence-electron chi connectivity index (χ3n) is 3.10. The predicted octanol–water partition coefficient (Wildman–Crippen LogP) is 2.86. The van der Waals surface area contributed by atoms with Crippen molar-refractivity contribution in [2.24, 2.45) is 0 Å². The van der Waals surface area contributed by atoms with Crippen LogP contribution in [0.2, 0.25) is 0 Å². The molecule has 1 heterocycles. The van der Waals surface area contributed by atoms with Crippen molar-refractivity contribution >= 4 is 40.4 Å². The minimum atomic E-state index is -0.142. The molecule has 1 aromatic heterocycles. The largest absolute Gasteiger partial charge is 0.351 e. The van der Waals surface area contributed by atoms with E-state index < -0.39 is 0 Å². The van der Waals surface area contributed by atoms with Gasteiger partial charge in [-0.25, -0.2) is 0 Å². The maximum absolute atomic E-state index is 11.9. The van der Waals surface area contributed by atoms with Crippen molar-refractivity contribution in [2.45, 2.75) is 19.8 Å². The first-order chi connectivity index (χ1) is 11.5. The summed E-state index contributed by atoms with van der Waals surface area (Å²) >= 11 is 1.38. The maximum Gasteiger partial charge on any atom is 0.261 e. The molecular weight excluding hydrogens is 326 g/mol. The first-order valence-corrected chi connectivity index (χ1v) is 8.42. The average Bonchev–Trinajstić information content (AvgIpc) is 3.07. The van der Waals surface area contributed by atoms with E-state index >= 15 is 0 Å². The van der Waals surface area contributed by atoms with Crippen molar-refractivity contribution in [3.63, 3.8) is 0 Å². The van der Waals surface area contributed by atoms with E-state index in [2.05, 4.69) is 16.0 Å². The molecule has 126 valence electrons. The first-order valence-electron chi connectivity index (χ1n) is 7.54. The number of hydrogen-bond donors (Lipinski definition) is 3. The number of carbonyl (C=O) groups excluding carboxylic acids is 3. The van der Waals surface area contributed by atoms with Crippen LogP contribution < -0.4 is 16.0 Å². The Morgan fingerprint density at radius 2 is 1.67 bits per heavy atom. The maximum atomic E-state index is 11.9. The minimum absolute atomic E-state index is 0.112. The van der Waals surface area contributed by atoms with E-state index in [1.807, 2.05) is 11.4 Å². The Balaban J connectivity index is 1.67. The van der Waals surface area contributed by atoms with Crippen molar-refractivity contribution in [1.29, 1.82) is 0 Å². The second-order valence-electron chi connectivity index (χ2n) is 5.14. The Labute approximate surface area is 144 Å². The molecule has 0 unspecified atom stereocenters. The molecule has 0 saturated carbocycles. The number of rotatable bonds is 7. The lowest BCUT2D eigenvalue weighted by atomic mass is 10.2. The summed E-state index contributed by atoms with van der Waals surface area (Å²) in [5.41, 5.74) is 1.34. The molecule has 2 aromatic rings. The Morgan fingerprint density at radius 3 is 2.25 bits per heavy atom. The van der Waals surface area contributed by atoms with Gasteiger partial charge >= 0.3 is 0 Å². The summed E-state index contributed by atoms with van der Waals surface area (Å²) in [6, 6.07) is 10.5. The first kappa shape index (κ1) is 17.7. The molecule has 3 amide bonds. The molecule has 0 atom stereocenters. The summed E-state index contributed by atoms with van der Waals surface area (Å²) in [6.45, 7) is 1.89. The highest BCUT2D eigenvalue weighted by atomic mass is 32.1. The van der Waals surface area contributed by atoms with E-state index in [0.29, 0.717) is 35.6 Å². The predicted molar refractivity (Wildman–Crippen MR) is 95.3 cm³/mol. The Hall–Kier alpha value is -2.67. The van der Waals surface area contributed by atoms with Crippen LogP contribution in [-0.4, -0.2) is 24.3 Å². The molecule has 2 rings (SSSR count). The fourth-order valence-electron chi connectivity index (χ4n) is 2.01. The van der Waals surface area contributed by atoms with E-state index in [9.17, 15) is 14.4 Å². The van der Waals surface area contributed by atoms with E-state index in [1.165, 1.54) is 18.3 Å². The van der Waals surface area contributed by atoms with E-state index in [-0.39, 0.29) is 17.7 Å². The molecular formula is C17H19N3O3S. The van der Waals surface area contributed by atoms with Crippen LogP contribution in [0.25, 0.3) is 0 Å². The van der Waals surface area contributed by atoms with Gasteiger partial charge in [-0.3, -0.25) is 14.4 Å². The van der Waals surface area contributed by atoms with Crippen LogP contribution in [0.4, 0.5) is 11.4 Å². The topological polar surface area (TPSA) is 87.3 Å². The van der Waals surface area contributed by atoms with Crippen LogP contribution in [-0.2, 0) is 9.59 Å². The van der Waals surface area contributed by atoms with Crippen LogP contribution in [0, 0.1) is 0 Å². The van der Waals surface area contributed by atoms with Crippen LogP contribution in [0.1, 0.15) is 29.4 Å². The van der Waals surface area contributed by atoms with Gasteiger partial charge in [-0.1, -0.05) is 6.07 Å². The minimum Gasteiger partial charge on any atom is -0.351 e. The van der Waals surface area contributed by atoms with Gasteiger partial charge in [-0.15, -0.1) is 11.3 Å². The monoisotopic (exact) mass is 345 g/mol. The lowest BCUT2D eigenvalue weighted by Gasteiger charge is -2.07. The molecule has 3 N–H and O–H groups in total. The SMILES string of the molecule is CC(=O)Nc1ccc(NC(=O)CCCNC(=O)c2cccs2)cc1. The number of hydrogen-bond acceptors (Lipinski definition) is 4. The fourth-order valence-corrected chi connectivity index (χ4v) is 2.65. The van der Waals surface area contributed by atoms with Crippen LogP contribution in [0.5, 0.6) is 0 Å². The summed E-state index contributed by atoms with van der Waals surface area (Å²) in [5.74, 6) is -0.372. The number of nitrogens with one attached hydrogen (secondary N) is 3. The molecule has 6 nitrogen and oxygen atoms in total. The number of amides is 3. The zero-order chi connectivity index (χ0) is 17.4. The summed E-state index contributed by atoms with van der Waals surface area (Å²) < 4.78 is 0. The molecule has 1 aromatic carbocycles. The van der Waals surface area contributed by atoms with Gasteiger partial charge in [0.05, 0.1) is 4.88 Å². The van der Waals surface area contributed by atoms with Crippen molar-refractivity contribution in [1.82, 2.24) is 5.32 Å². The number of carbonyl (C=O) groups is 3. The van der Waals surface area contributed by atoms with Crippen LogP contribution in [0.15, 0.2) is 41.8 Å². The Morgan fingerprint density at radius 1 is 1.00 bits per heavy atom.